The first-order chi connectivity index (χ1) is 15.4. The van der Waals surface area contributed by atoms with Gasteiger partial charge in [-0.2, -0.15) is 0 Å². The second-order valence-corrected chi connectivity index (χ2v) is 18.3. The summed E-state index contributed by atoms with van der Waals surface area (Å²) >= 11 is 0. The molecule has 1 amide bonds. The van der Waals surface area contributed by atoms with Crippen LogP contribution in [0.25, 0.3) is 0 Å². The number of aliphatic hydroxyl groups excluding tert-OH is 1. The Morgan fingerprint density at radius 2 is 1.50 bits per heavy atom. The highest BCUT2D eigenvalue weighted by Gasteiger charge is 2.47. The number of hydrogen-bond acceptors (Lipinski definition) is 5. The van der Waals surface area contributed by atoms with Gasteiger partial charge in [0.1, 0.15) is 6.10 Å². The lowest BCUT2D eigenvalue weighted by Crippen LogP contribution is -2.53. The van der Waals surface area contributed by atoms with Gasteiger partial charge in [-0.05, 0) is 47.5 Å². The van der Waals surface area contributed by atoms with Crippen LogP contribution in [0.2, 0.25) is 16.6 Å². The number of rotatable bonds is 11. The van der Waals surface area contributed by atoms with Gasteiger partial charge >= 0.3 is 0 Å². The summed E-state index contributed by atoms with van der Waals surface area (Å²) in [4.78, 5) is 13.3. The molecule has 34 heavy (non-hydrogen) atoms. The lowest BCUT2D eigenvalue weighted by molar-refractivity contribution is -0.124. The molecule has 2 atom stereocenters. The van der Waals surface area contributed by atoms with Crippen LogP contribution in [0.4, 0.5) is 0 Å². The summed E-state index contributed by atoms with van der Waals surface area (Å²) in [5, 5.41) is 10.4. The monoisotopic (exact) mass is 511 g/mol. The minimum Gasteiger partial charge on any atom is -0.401 e. The van der Waals surface area contributed by atoms with Crippen molar-refractivity contribution in [3.63, 3.8) is 0 Å². The number of aryl methyl sites for hydroxylation is 1. The van der Waals surface area contributed by atoms with Crippen molar-refractivity contribution in [3.8, 4) is 0 Å². The topological polar surface area (TPSA) is 92.7 Å². The molecule has 0 aromatic heterocycles. The van der Waals surface area contributed by atoms with Crippen molar-refractivity contribution in [1.29, 1.82) is 0 Å². The quantitative estimate of drug-likeness (QED) is 0.293. The van der Waals surface area contributed by atoms with E-state index < -0.39 is 36.5 Å². The Morgan fingerprint density at radius 1 is 1.03 bits per heavy atom. The van der Waals surface area contributed by atoms with Crippen molar-refractivity contribution in [3.05, 3.63) is 42.0 Å². The van der Waals surface area contributed by atoms with E-state index in [1.165, 1.54) is 12.1 Å². The van der Waals surface area contributed by atoms with Gasteiger partial charge in [0.05, 0.1) is 11.0 Å². The standard InChI is InChI=1S/C26H45NO5SSi/c1-18(2)34(19(3)4,20(5)6)32-23(12-11-13-24(28)26(8,9)10)25(29)27-33(30,31)22-16-14-21(7)15-17-22/h11-12,14-20,23-24,28H,13H2,1-10H3,(H,27,29)/b12-11-/t23-,24+/m0/s1. The fraction of sp³-hybridized carbons (Fsp3) is 0.654. The Hall–Kier alpha value is -1.48. The van der Waals surface area contributed by atoms with E-state index in [2.05, 4.69) is 46.3 Å². The summed E-state index contributed by atoms with van der Waals surface area (Å²) in [6.07, 6.45) is 1.97. The Balaban J connectivity index is 3.34. The average molecular weight is 512 g/mol. The van der Waals surface area contributed by atoms with Crippen LogP contribution in [0, 0.1) is 12.3 Å². The summed E-state index contributed by atoms with van der Waals surface area (Å²) in [6, 6.07) is 6.33. The van der Waals surface area contributed by atoms with Gasteiger partial charge in [-0.25, -0.2) is 13.1 Å². The highest BCUT2D eigenvalue weighted by molar-refractivity contribution is 7.90. The zero-order valence-corrected chi connectivity index (χ0v) is 24.4. The van der Waals surface area contributed by atoms with Gasteiger partial charge in [0.25, 0.3) is 15.9 Å². The summed E-state index contributed by atoms with van der Waals surface area (Å²) in [5.74, 6) is -0.721. The van der Waals surface area contributed by atoms with Crippen LogP contribution in [0.15, 0.2) is 41.3 Å². The highest BCUT2D eigenvalue weighted by Crippen LogP contribution is 2.43. The van der Waals surface area contributed by atoms with Crippen LogP contribution in [0.1, 0.15) is 74.3 Å². The molecule has 6 nitrogen and oxygen atoms in total. The largest absolute Gasteiger partial charge is 0.401 e. The molecule has 0 radical (unpaired) electrons. The fourth-order valence-electron chi connectivity index (χ4n) is 4.46. The first-order valence-corrected chi connectivity index (χ1v) is 15.7. The van der Waals surface area contributed by atoms with Crippen LogP contribution in [0.5, 0.6) is 0 Å². The fourth-order valence-corrected chi connectivity index (χ4v) is 10.9. The second-order valence-electron chi connectivity index (χ2n) is 11.2. The summed E-state index contributed by atoms with van der Waals surface area (Å²) in [5.41, 5.74) is 1.25. The van der Waals surface area contributed by atoms with E-state index in [4.69, 9.17) is 4.43 Å². The van der Waals surface area contributed by atoms with Gasteiger partial charge in [0, 0.05) is 0 Å². The van der Waals surface area contributed by atoms with E-state index in [9.17, 15) is 18.3 Å². The van der Waals surface area contributed by atoms with Gasteiger partial charge < -0.3 is 9.53 Å². The predicted octanol–water partition coefficient (Wildman–Crippen LogP) is 5.71. The number of aliphatic hydroxyl groups is 1. The first kappa shape index (κ1) is 30.5. The smallest absolute Gasteiger partial charge is 0.265 e. The van der Waals surface area contributed by atoms with E-state index >= 15 is 0 Å². The lowest BCUT2D eigenvalue weighted by Gasteiger charge is -2.43. The number of carbonyl (C=O) groups excluding carboxylic acids is 1. The zero-order valence-electron chi connectivity index (χ0n) is 22.5. The van der Waals surface area contributed by atoms with E-state index in [0.717, 1.165) is 5.56 Å². The van der Waals surface area contributed by atoms with Crippen molar-refractivity contribution < 1.29 is 22.7 Å². The van der Waals surface area contributed by atoms with E-state index in [1.54, 1.807) is 24.3 Å². The van der Waals surface area contributed by atoms with E-state index in [-0.39, 0.29) is 26.9 Å². The highest BCUT2D eigenvalue weighted by atomic mass is 32.2. The zero-order chi connectivity index (χ0) is 26.5. The Bertz CT molecular complexity index is 909. The predicted molar refractivity (Wildman–Crippen MR) is 142 cm³/mol. The summed E-state index contributed by atoms with van der Waals surface area (Å²) < 4.78 is 34.7. The van der Waals surface area contributed by atoms with Crippen LogP contribution in [-0.4, -0.2) is 40.0 Å². The minimum absolute atomic E-state index is 0.0254. The molecule has 0 aliphatic rings. The average Bonchev–Trinajstić information content (AvgIpc) is 2.68. The lowest BCUT2D eigenvalue weighted by atomic mass is 9.87. The maximum absolute atomic E-state index is 13.3. The third kappa shape index (κ3) is 7.76. The van der Waals surface area contributed by atoms with Crippen LogP contribution in [-0.2, 0) is 19.2 Å². The molecular weight excluding hydrogens is 466 g/mol. The van der Waals surface area contributed by atoms with Gasteiger partial charge in [0.2, 0.25) is 8.32 Å². The first-order valence-electron chi connectivity index (χ1n) is 12.1. The third-order valence-electron chi connectivity index (χ3n) is 6.53. The molecule has 0 fully saturated rings. The molecule has 0 saturated carbocycles. The number of carbonyl (C=O) groups is 1. The Kier molecular flexibility index (Phi) is 10.8. The van der Waals surface area contributed by atoms with Gasteiger partial charge in [0.15, 0.2) is 0 Å². The van der Waals surface area contributed by atoms with Gasteiger partial charge in [-0.1, -0.05) is 92.2 Å². The number of benzene rings is 1. The molecule has 0 spiro atoms. The molecule has 0 saturated heterocycles. The molecule has 0 unspecified atom stereocenters. The van der Waals surface area contributed by atoms with Crippen molar-refractivity contribution in [1.82, 2.24) is 4.72 Å². The molecule has 0 bridgehead atoms. The van der Waals surface area contributed by atoms with Gasteiger partial charge in [-0.3, -0.25) is 4.79 Å². The van der Waals surface area contributed by atoms with Crippen molar-refractivity contribution >= 4 is 24.2 Å². The van der Waals surface area contributed by atoms with E-state index in [0.29, 0.717) is 6.42 Å². The maximum atomic E-state index is 13.3. The molecular formula is C26H45NO5SSi. The summed E-state index contributed by atoms with van der Waals surface area (Å²) in [7, 11) is -6.55. The van der Waals surface area contributed by atoms with E-state index in [1.807, 2.05) is 27.7 Å². The molecule has 194 valence electrons. The van der Waals surface area contributed by atoms with Crippen molar-refractivity contribution in [2.75, 3.05) is 0 Å². The third-order valence-corrected chi connectivity index (χ3v) is 14.0. The Morgan fingerprint density at radius 3 is 1.91 bits per heavy atom. The maximum Gasteiger partial charge on any atom is 0.265 e. The molecule has 0 heterocycles. The summed E-state index contributed by atoms with van der Waals surface area (Å²) in [6.45, 7) is 20.3. The molecule has 0 aliphatic heterocycles. The SMILES string of the molecule is Cc1ccc(S(=O)(=O)NC(=O)[C@H](/C=C\C[C@@H](O)C(C)(C)C)O[Si](C(C)C)(C(C)C)C(C)C)cc1. The molecule has 2 N–H and O–H groups in total. The number of sulfonamides is 1. The minimum atomic E-state index is -4.05. The molecule has 0 aliphatic carbocycles. The molecule has 1 aromatic carbocycles. The number of amides is 1. The normalized spacial score (nSPS) is 15.4. The van der Waals surface area contributed by atoms with Crippen LogP contribution in [0.3, 0.4) is 0 Å². The van der Waals surface area contributed by atoms with Crippen molar-refractivity contribution in [2.24, 2.45) is 5.41 Å². The molecule has 1 aromatic rings. The number of hydrogen-bond donors (Lipinski definition) is 2. The van der Waals surface area contributed by atoms with Crippen LogP contribution >= 0.6 is 0 Å². The van der Waals surface area contributed by atoms with Crippen LogP contribution < -0.4 is 4.72 Å². The molecule has 8 heteroatoms. The van der Waals surface area contributed by atoms with Gasteiger partial charge in [-0.15, -0.1) is 0 Å². The van der Waals surface area contributed by atoms with Crippen molar-refractivity contribution in [2.45, 2.75) is 109 Å². The molecule has 1 rings (SSSR count). The Labute approximate surface area is 208 Å². The second kappa shape index (κ2) is 12.0. The number of nitrogens with one attached hydrogen (secondary N) is 1.